The van der Waals surface area contributed by atoms with Crippen molar-refractivity contribution in [1.82, 2.24) is 4.57 Å². The summed E-state index contributed by atoms with van der Waals surface area (Å²) in [6, 6.07) is 5.09. The number of rotatable bonds is 2. The molecule has 1 atom stereocenters. The predicted molar refractivity (Wildman–Crippen MR) is 79.4 cm³/mol. The summed E-state index contributed by atoms with van der Waals surface area (Å²) in [6.07, 6.45) is 8.78. The van der Waals surface area contributed by atoms with Crippen LogP contribution in [0, 0.1) is 5.82 Å². The van der Waals surface area contributed by atoms with Crippen LogP contribution in [0.1, 0.15) is 42.0 Å². The molecular formula is C16H18ClFN2. The van der Waals surface area contributed by atoms with Gasteiger partial charge in [0.15, 0.2) is 0 Å². The largest absolute Gasteiger partial charge is 0.349 e. The van der Waals surface area contributed by atoms with E-state index >= 15 is 0 Å². The average molecular weight is 293 g/mol. The van der Waals surface area contributed by atoms with Crippen LogP contribution in [-0.2, 0) is 13.0 Å². The van der Waals surface area contributed by atoms with Crippen LogP contribution in [-0.4, -0.2) is 4.57 Å². The molecule has 0 fully saturated rings. The molecule has 3 rings (SSSR count). The Kier molecular flexibility index (Phi) is 3.81. The smallest absolute Gasteiger partial charge is 0.142 e. The molecule has 2 aromatic rings. The molecule has 0 aliphatic heterocycles. The first-order chi connectivity index (χ1) is 9.63. The number of aromatic nitrogens is 1. The molecule has 106 valence electrons. The van der Waals surface area contributed by atoms with Crippen LogP contribution < -0.4 is 5.73 Å². The fourth-order valence-corrected chi connectivity index (χ4v) is 3.01. The first kappa shape index (κ1) is 13.7. The Hall–Kier alpha value is -1.32. The molecule has 1 aromatic carbocycles. The maximum atomic E-state index is 13.5. The van der Waals surface area contributed by atoms with Gasteiger partial charge in [-0.3, -0.25) is 0 Å². The van der Waals surface area contributed by atoms with Crippen LogP contribution in [0.2, 0.25) is 5.02 Å². The van der Waals surface area contributed by atoms with Crippen molar-refractivity contribution in [3.8, 4) is 0 Å². The van der Waals surface area contributed by atoms with E-state index in [2.05, 4.69) is 17.0 Å². The SMILES string of the molecule is NC1CCCCc2cn(Cc3ccc(Cl)c(F)c3)cc21. The summed E-state index contributed by atoms with van der Waals surface area (Å²) in [4.78, 5) is 0. The van der Waals surface area contributed by atoms with Crippen molar-refractivity contribution in [2.24, 2.45) is 5.73 Å². The minimum absolute atomic E-state index is 0.135. The third-order valence-corrected chi connectivity index (χ3v) is 4.26. The van der Waals surface area contributed by atoms with E-state index in [1.54, 1.807) is 6.07 Å². The summed E-state index contributed by atoms with van der Waals surface area (Å²) < 4.78 is 15.6. The van der Waals surface area contributed by atoms with Gasteiger partial charge in [-0.1, -0.05) is 24.1 Å². The van der Waals surface area contributed by atoms with E-state index in [1.165, 1.54) is 30.0 Å². The fraction of sp³-hybridized carbons (Fsp3) is 0.375. The zero-order valence-electron chi connectivity index (χ0n) is 11.3. The van der Waals surface area contributed by atoms with Crippen molar-refractivity contribution in [3.63, 3.8) is 0 Å². The molecule has 0 radical (unpaired) electrons. The summed E-state index contributed by atoms with van der Waals surface area (Å²) in [5.41, 5.74) is 9.70. The van der Waals surface area contributed by atoms with Crippen molar-refractivity contribution >= 4 is 11.6 Å². The van der Waals surface area contributed by atoms with Crippen LogP contribution in [0.25, 0.3) is 0 Å². The molecule has 1 aliphatic carbocycles. The average Bonchev–Trinajstić information content (AvgIpc) is 2.74. The molecule has 1 heterocycles. The monoisotopic (exact) mass is 292 g/mol. The minimum Gasteiger partial charge on any atom is -0.349 e. The molecule has 1 unspecified atom stereocenters. The Morgan fingerprint density at radius 1 is 1.30 bits per heavy atom. The highest BCUT2D eigenvalue weighted by molar-refractivity contribution is 6.30. The van der Waals surface area contributed by atoms with E-state index in [0.29, 0.717) is 6.54 Å². The van der Waals surface area contributed by atoms with E-state index in [1.807, 2.05) is 6.07 Å². The molecule has 0 amide bonds. The minimum atomic E-state index is -0.366. The molecule has 1 aliphatic rings. The van der Waals surface area contributed by atoms with Crippen molar-refractivity contribution in [1.29, 1.82) is 0 Å². The van der Waals surface area contributed by atoms with E-state index < -0.39 is 0 Å². The first-order valence-electron chi connectivity index (χ1n) is 7.01. The van der Waals surface area contributed by atoms with Crippen molar-refractivity contribution in [3.05, 3.63) is 58.1 Å². The van der Waals surface area contributed by atoms with Gasteiger partial charge in [-0.2, -0.15) is 0 Å². The number of hydrogen-bond acceptors (Lipinski definition) is 1. The van der Waals surface area contributed by atoms with Gasteiger partial charge in [-0.25, -0.2) is 4.39 Å². The number of hydrogen-bond donors (Lipinski definition) is 1. The maximum Gasteiger partial charge on any atom is 0.142 e. The molecular weight excluding hydrogens is 275 g/mol. The number of nitrogens with zero attached hydrogens (tertiary/aromatic N) is 1. The molecule has 0 spiro atoms. The van der Waals surface area contributed by atoms with Gasteiger partial charge in [-0.15, -0.1) is 0 Å². The van der Waals surface area contributed by atoms with Crippen molar-refractivity contribution in [2.45, 2.75) is 38.3 Å². The third-order valence-electron chi connectivity index (χ3n) is 3.96. The van der Waals surface area contributed by atoms with E-state index in [-0.39, 0.29) is 16.9 Å². The van der Waals surface area contributed by atoms with Crippen LogP contribution in [0.15, 0.2) is 30.6 Å². The Morgan fingerprint density at radius 3 is 2.95 bits per heavy atom. The highest BCUT2D eigenvalue weighted by Crippen LogP contribution is 2.28. The molecule has 2 nitrogen and oxygen atoms in total. The standard InChI is InChI=1S/C16H18ClFN2/c17-14-6-5-11(7-15(14)18)8-20-9-12-3-1-2-4-16(19)13(12)10-20/h5-7,9-10,16H,1-4,8,19H2. The Balaban J connectivity index is 1.84. The molecule has 4 heteroatoms. The molecule has 2 N–H and O–H groups in total. The topological polar surface area (TPSA) is 30.9 Å². The third kappa shape index (κ3) is 2.74. The van der Waals surface area contributed by atoms with Gasteiger partial charge in [0.25, 0.3) is 0 Å². The number of aryl methyl sites for hydroxylation is 1. The summed E-state index contributed by atoms with van der Waals surface area (Å²) in [6.45, 7) is 0.647. The van der Waals surface area contributed by atoms with Gasteiger partial charge in [0.05, 0.1) is 5.02 Å². The first-order valence-corrected chi connectivity index (χ1v) is 7.39. The Labute approximate surface area is 123 Å². The molecule has 0 saturated carbocycles. The second-order valence-corrected chi connectivity index (χ2v) is 5.92. The van der Waals surface area contributed by atoms with Gasteiger partial charge in [-0.05, 0) is 48.1 Å². The zero-order chi connectivity index (χ0) is 14.1. The normalized spacial score (nSPS) is 18.6. The summed E-state index contributed by atoms with van der Waals surface area (Å²) >= 11 is 5.71. The molecule has 0 bridgehead atoms. The second-order valence-electron chi connectivity index (χ2n) is 5.51. The lowest BCUT2D eigenvalue weighted by Crippen LogP contribution is -2.09. The van der Waals surface area contributed by atoms with Crippen molar-refractivity contribution < 1.29 is 4.39 Å². The second kappa shape index (κ2) is 5.58. The molecule has 0 saturated heterocycles. The van der Waals surface area contributed by atoms with E-state index in [0.717, 1.165) is 18.4 Å². The van der Waals surface area contributed by atoms with E-state index in [4.69, 9.17) is 17.3 Å². The Morgan fingerprint density at radius 2 is 2.15 bits per heavy atom. The quantitative estimate of drug-likeness (QED) is 0.832. The lowest BCUT2D eigenvalue weighted by atomic mass is 10.1. The highest BCUT2D eigenvalue weighted by Gasteiger charge is 2.17. The summed E-state index contributed by atoms with van der Waals surface area (Å²) in [5, 5.41) is 0.166. The number of benzene rings is 1. The van der Waals surface area contributed by atoms with Crippen LogP contribution >= 0.6 is 11.6 Å². The van der Waals surface area contributed by atoms with Gasteiger partial charge in [0, 0.05) is 25.0 Å². The van der Waals surface area contributed by atoms with Gasteiger partial charge >= 0.3 is 0 Å². The van der Waals surface area contributed by atoms with Crippen LogP contribution in [0.4, 0.5) is 4.39 Å². The molecule has 20 heavy (non-hydrogen) atoms. The molecule has 1 aromatic heterocycles. The maximum absolute atomic E-state index is 13.5. The highest BCUT2D eigenvalue weighted by atomic mass is 35.5. The van der Waals surface area contributed by atoms with Gasteiger partial charge < -0.3 is 10.3 Å². The number of nitrogens with two attached hydrogens (primary N) is 1. The van der Waals surface area contributed by atoms with Crippen molar-refractivity contribution in [2.75, 3.05) is 0 Å². The fourth-order valence-electron chi connectivity index (χ4n) is 2.89. The summed E-state index contributed by atoms with van der Waals surface area (Å²) in [5.74, 6) is -0.366. The predicted octanol–water partition coefficient (Wildman–Crippen LogP) is 4.06. The van der Waals surface area contributed by atoms with Crippen LogP contribution in [0.3, 0.4) is 0 Å². The van der Waals surface area contributed by atoms with Gasteiger partial charge in [0.1, 0.15) is 5.82 Å². The summed E-state index contributed by atoms with van der Waals surface area (Å²) in [7, 11) is 0. The lowest BCUT2D eigenvalue weighted by molar-refractivity contribution is 0.609. The lowest BCUT2D eigenvalue weighted by Gasteiger charge is -2.08. The van der Waals surface area contributed by atoms with Crippen LogP contribution in [0.5, 0.6) is 0 Å². The van der Waals surface area contributed by atoms with E-state index in [9.17, 15) is 4.39 Å². The Bertz CT molecular complexity index is 621. The zero-order valence-corrected chi connectivity index (χ0v) is 12.0. The van der Waals surface area contributed by atoms with Gasteiger partial charge in [0.2, 0.25) is 0 Å². The number of halogens is 2. The number of fused-ring (bicyclic) bond motifs is 1.